The van der Waals surface area contributed by atoms with Crippen molar-refractivity contribution >= 4 is 31.9 Å². The molecule has 0 aliphatic heterocycles. The molecular weight excluding hydrogens is 294 g/mol. The zero-order valence-electron chi connectivity index (χ0n) is 6.67. The third-order valence-electron chi connectivity index (χ3n) is 1.69. The Balaban J connectivity index is 2.53. The van der Waals surface area contributed by atoms with Crippen LogP contribution in [0.1, 0.15) is 0 Å². The lowest BCUT2D eigenvalue weighted by Crippen LogP contribution is -1.88. The van der Waals surface area contributed by atoms with E-state index in [1.807, 2.05) is 29.1 Å². The van der Waals surface area contributed by atoms with E-state index in [0.717, 1.165) is 14.6 Å². The van der Waals surface area contributed by atoms with Crippen molar-refractivity contribution < 1.29 is 0 Å². The highest BCUT2D eigenvalue weighted by Crippen LogP contribution is 2.22. The quantitative estimate of drug-likeness (QED) is 0.755. The number of hydrogen-bond acceptors (Lipinski definition) is 0. The predicted molar refractivity (Wildman–Crippen MR) is 60.0 cm³/mol. The molecule has 1 aromatic heterocycles. The predicted octanol–water partition coefficient (Wildman–Crippen LogP) is 3.80. The molecule has 0 N–H and O–H groups in total. The van der Waals surface area contributed by atoms with Crippen LogP contribution in [-0.4, -0.2) is 4.57 Å². The van der Waals surface area contributed by atoms with Crippen LogP contribution in [0.2, 0.25) is 0 Å². The molecular formula is C10H6Br2N. The summed E-state index contributed by atoms with van der Waals surface area (Å²) in [4.78, 5) is 0. The molecule has 13 heavy (non-hydrogen) atoms. The van der Waals surface area contributed by atoms with Gasteiger partial charge in [-0.2, -0.15) is 0 Å². The van der Waals surface area contributed by atoms with Crippen molar-refractivity contribution in [2.45, 2.75) is 0 Å². The minimum absolute atomic E-state index is 1.06. The lowest BCUT2D eigenvalue weighted by atomic mass is 10.3. The molecule has 1 aromatic carbocycles. The highest BCUT2D eigenvalue weighted by Gasteiger charge is 1.98. The van der Waals surface area contributed by atoms with E-state index in [1.165, 1.54) is 0 Å². The fraction of sp³-hybridized carbons (Fsp3) is 0. The number of benzene rings is 1. The van der Waals surface area contributed by atoms with E-state index < -0.39 is 0 Å². The molecule has 0 bridgehead atoms. The van der Waals surface area contributed by atoms with Gasteiger partial charge in [-0.1, -0.05) is 31.9 Å². The van der Waals surface area contributed by atoms with Gasteiger partial charge in [0.1, 0.15) is 0 Å². The Labute approximate surface area is 93.6 Å². The largest absolute Gasteiger partial charge is 0.323 e. The van der Waals surface area contributed by atoms with Crippen molar-refractivity contribution in [1.82, 2.24) is 4.57 Å². The second-order valence-corrected chi connectivity index (χ2v) is 4.48. The van der Waals surface area contributed by atoms with Gasteiger partial charge in [-0.15, -0.1) is 0 Å². The Kier molecular flexibility index (Phi) is 2.56. The van der Waals surface area contributed by atoms with Crippen molar-refractivity contribution in [2.24, 2.45) is 0 Å². The van der Waals surface area contributed by atoms with Gasteiger partial charge in [0.05, 0.1) is 0 Å². The molecule has 0 atom stereocenters. The number of halogens is 2. The van der Waals surface area contributed by atoms with Crippen molar-refractivity contribution in [3.05, 3.63) is 51.7 Å². The summed E-state index contributed by atoms with van der Waals surface area (Å²) in [5, 5.41) is 0. The van der Waals surface area contributed by atoms with Crippen LogP contribution in [0.15, 0.2) is 45.6 Å². The first-order valence-electron chi connectivity index (χ1n) is 3.76. The van der Waals surface area contributed by atoms with E-state index in [1.54, 1.807) is 0 Å². The van der Waals surface area contributed by atoms with E-state index in [9.17, 15) is 0 Å². The molecule has 0 amide bonds. The average molecular weight is 300 g/mol. The second-order valence-electron chi connectivity index (χ2n) is 2.65. The molecule has 1 radical (unpaired) electrons. The van der Waals surface area contributed by atoms with E-state index >= 15 is 0 Å². The summed E-state index contributed by atoms with van der Waals surface area (Å²) < 4.78 is 4.13. The van der Waals surface area contributed by atoms with Crippen molar-refractivity contribution in [1.29, 1.82) is 0 Å². The van der Waals surface area contributed by atoms with Gasteiger partial charge < -0.3 is 4.57 Å². The number of hydrogen-bond donors (Lipinski definition) is 0. The summed E-state index contributed by atoms with van der Waals surface area (Å²) in [6.45, 7) is 0. The lowest BCUT2D eigenvalue weighted by molar-refractivity contribution is 1.08. The molecule has 65 valence electrons. The van der Waals surface area contributed by atoms with Crippen LogP contribution < -0.4 is 0 Å². The minimum Gasteiger partial charge on any atom is -0.323 e. The van der Waals surface area contributed by atoms with Crippen molar-refractivity contribution in [2.75, 3.05) is 0 Å². The SMILES string of the molecule is Brc1cc(Br)cc(-n2c[c]cc2)c1. The number of nitrogens with zero attached hydrogens (tertiary/aromatic N) is 1. The molecule has 0 aliphatic rings. The molecule has 0 saturated heterocycles. The molecule has 1 heterocycles. The molecule has 0 aliphatic carbocycles. The first-order valence-corrected chi connectivity index (χ1v) is 5.35. The molecule has 0 saturated carbocycles. The maximum Gasteiger partial charge on any atom is 0.0472 e. The van der Waals surface area contributed by atoms with Crippen LogP contribution in [0.3, 0.4) is 0 Å². The maximum atomic E-state index is 3.44. The van der Waals surface area contributed by atoms with Gasteiger partial charge >= 0.3 is 0 Å². The second kappa shape index (κ2) is 3.68. The normalized spacial score (nSPS) is 10.3. The fourth-order valence-corrected chi connectivity index (χ4v) is 2.41. The Morgan fingerprint density at radius 3 is 2.31 bits per heavy atom. The first-order chi connectivity index (χ1) is 6.25. The fourth-order valence-electron chi connectivity index (χ4n) is 1.14. The van der Waals surface area contributed by atoms with Crippen LogP contribution in [0.5, 0.6) is 0 Å². The van der Waals surface area contributed by atoms with E-state index in [0.29, 0.717) is 0 Å². The Morgan fingerprint density at radius 2 is 1.77 bits per heavy atom. The highest BCUT2D eigenvalue weighted by atomic mass is 79.9. The molecule has 2 aromatic rings. The van der Waals surface area contributed by atoms with Gasteiger partial charge in [0, 0.05) is 33.1 Å². The lowest BCUT2D eigenvalue weighted by Gasteiger charge is -2.03. The average Bonchev–Trinajstić information content (AvgIpc) is 2.53. The first kappa shape index (κ1) is 9.03. The van der Waals surface area contributed by atoms with Crippen LogP contribution in [0.4, 0.5) is 0 Å². The third-order valence-corrected chi connectivity index (χ3v) is 2.61. The van der Waals surface area contributed by atoms with Crippen LogP contribution >= 0.6 is 31.9 Å². The third kappa shape index (κ3) is 2.03. The van der Waals surface area contributed by atoms with Crippen LogP contribution in [-0.2, 0) is 0 Å². The summed E-state index contributed by atoms with van der Waals surface area (Å²) >= 11 is 6.89. The summed E-state index contributed by atoms with van der Waals surface area (Å²) in [5.41, 5.74) is 1.11. The minimum atomic E-state index is 1.06. The summed E-state index contributed by atoms with van der Waals surface area (Å²) in [5.74, 6) is 0. The summed E-state index contributed by atoms with van der Waals surface area (Å²) in [7, 11) is 0. The molecule has 2 rings (SSSR count). The van der Waals surface area contributed by atoms with Crippen LogP contribution in [0, 0.1) is 6.07 Å². The highest BCUT2D eigenvalue weighted by molar-refractivity contribution is 9.11. The summed E-state index contributed by atoms with van der Waals surface area (Å²) in [6.07, 6.45) is 3.86. The van der Waals surface area contributed by atoms with Gasteiger partial charge in [-0.25, -0.2) is 0 Å². The number of rotatable bonds is 1. The van der Waals surface area contributed by atoms with Crippen LogP contribution in [0.25, 0.3) is 5.69 Å². The summed E-state index contributed by atoms with van der Waals surface area (Å²) in [6, 6.07) is 11.0. The molecule has 1 nitrogen and oxygen atoms in total. The van der Waals surface area contributed by atoms with Crippen molar-refractivity contribution in [3.8, 4) is 5.69 Å². The molecule has 0 unspecified atom stereocenters. The number of aromatic nitrogens is 1. The zero-order chi connectivity index (χ0) is 9.26. The zero-order valence-corrected chi connectivity index (χ0v) is 9.84. The maximum absolute atomic E-state index is 3.44. The van der Waals surface area contributed by atoms with Crippen molar-refractivity contribution in [3.63, 3.8) is 0 Å². The molecule has 3 heteroatoms. The standard InChI is InChI=1S/C10H6Br2N/c11-8-5-9(12)7-10(6-8)13-3-1-2-4-13/h1,3-7H. The Hall–Kier alpha value is -0.540. The van der Waals surface area contributed by atoms with E-state index in [4.69, 9.17) is 0 Å². The smallest absolute Gasteiger partial charge is 0.0472 e. The Morgan fingerprint density at radius 1 is 1.08 bits per heavy atom. The molecule has 0 spiro atoms. The Bertz CT molecular complexity index is 387. The van der Waals surface area contributed by atoms with Gasteiger partial charge in [0.15, 0.2) is 0 Å². The van der Waals surface area contributed by atoms with Gasteiger partial charge in [-0.3, -0.25) is 0 Å². The van der Waals surface area contributed by atoms with Gasteiger partial charge in [0.2, 0.25) is 0 Å². The topological polar surface area (TPSA) is 4.93 Å². The van der Waals surface area contributed by atoms with Gasteiger partial charge in [0.25, 0.3) is 0 Å². The van der Waals surface area contributed by atoms with E-state index in [2.05, 4.69) is 50.1 Å². The van der Waals surface area contributed by atoms with Gasteiger partial charge in [-0.05, 0) is 24.3 Å². The van der Waals surface area contributed by atoms with E-state index in [-0.39, 0.29) is 0 Å². The molecule has 0 fully saturated rings. The monoisotopic (exact) mass is 298 g/mol.